The Morgan fingerprint density at radius 2 is 2.00 bits per heavy atom. The molecule has 19 heavy (non-hydrogen) atoms. The molecule has 2 unspecified atom stereocenters. The van der Waals surface area contributed by atoms with E-state index in [1.807, 2.05) is 44.2 Å². The minimum Gasteiger partial charge on any atom is -0.394 e. The van der Waals surface area contributed by atoms with Crippen molar-refractivity contribution in [2.24, 2.45) is 0 Å². The first-order valence-corrected chi connectivity index (χ1v) is 6.72. The lowest BCUT2D eigenvalue weighted by atomic mass is 9.93. The average Bonchev–Trinajstić information content (AvgIpc) is 2.45. The SMILES string of the molecule is CCC(C)NCC(=O)NC(C)(CO)c1ccccc1. The number of carbonyl (C=O) groups is 1. The Kier molecular flexibility index (Phi) is 5.99. The van der Waals surface area contributed by atoms with E-state index in [0.717, 1.165) is 12.0 Å². The number of amides is 1. The third-order valence-electron chi connectivity index (χ3n) is 3.37. The summed E-state index contributed by atoms with van der Waals surface area (Å²) in [6, 6.07) is 9.81. The van der Waals surface area contributed by atoms with Crippen LogP contribution in [0.15, 0.2) is 30.3 Å². The Morgan fingerprint density at radius 3 is 2.53 bits per heavy atom. The quantitative estimate of drug-likeness (QED) is 0.697. The summed E-state index contributed by atoms with van der Waals surface area (Å²) in [6.45, 7) is 6.06. The number of hydrogen-bond donors (Lipinski definition) is 3. The number of hydrogen-bond acceptors (Lipinski definition) is 3. The van der Waals surface area contributed by atoms with E-state index in [2.05, 4.69) is 17.6 Å². The van der Waals surface area contributed by atoms with Crippen LogP contribution in [0.1, 0.15) is 32.8 Å². The largest absolute Gasteiger partial charge is 0.394 e. The number of aliphatic hydroxyl groups is 1. The van der Waals surface area contributed by atoms with E-state index >= 15 is 0 Å². The molecule has 0 saturated heterocycles. The Morgan fingerprint density at radius 1 is 1.37 bits per heavy atom. The summed E-state index contributed by atoms with van der Waals surface area (Å²) >= 11 is 0. The van der Waals surface area contributed by atoms with Crippen LogP contribution in [-0.2, 0) is 10.3 Å². The molecule has 0 aliphatic carbocycles. The van der Waals surface area contributed by atoms with Crippen molar-refractivity contribution in [1.82, 2.24) is 10.6 Å². The monoisotopic (exact) mass is 264 g/mol. The van der Waals surface area contributed by atoms with Gasteiger partial charge >= 0.3 is 0 Å². The van der Waals surface area contributed by atoms with Gasteiger partial charge in [-0.2, -0.15) is 0 Å². The summed E-state index contributed by atoms with van der Waals surface area (Å²) in [5.74, 6) is -0.110. The molecule has 1 amide bonds. The second kappa shape index (κ2) is 7.26. The van der Waals surface area contributed by atoms with Gasteiger partial charge in [0, 0.05) is 6.04 Å². The molecule has 2 atom stereocenters. The first-order chi connectivity index (χ1) is 9.01. The van der Waals surface area contributed by atoms with Crippen LogP contribution in [-0.4, -0.2) is 30.2 Å². The van der Waals surface area contributed by atoms with Crippen molar-refractivity contribution in [3.8, 4) is 0 Å². The molecular weight excluding hydrogens is 240 g/mol. The van der Waals surface area contributed by atoms with Crippen LogP contribution in [0.5, 0.6) is 0 Å². The molecule has 0 radical (unpaired) electrons. The highest BCUT2D eigenvalue weighted by molar-refractivity contribution is 5.79. The normalized spacial score (nSPS) is 15.6. The zero-order valence-corrected chi connectivity index (χ0v) is 11.9. The first-order valence-electron chi connectivity index (χ1n) is 6.72. The Balaban J connectivity index is 2.63. The molecule has 1 aromatic carbocycles. The van der Waals surface area contributed by atoms with Crippen LogP contribution >= 0.6 is 0 Å². The lowest BCUT2D eigenvalue weighted by Crippen LogP contribution is -2.49. The molecule has 0 heterocycles. The van der Waals surface area contributed by atoms with Crippen LogP contribution < -0.4 is 10.6 Å². The van der Waals surface area contributed by atoms with Crippen molar-refractivity contribution in [3.05, 3.63) is 35.9 Å². The number of benzene rings is 1. The van der Waals surface area contributed by atoms with Crippen LogP contribution in [0.4, 0.5) is 0 Å². The van der Waals surface area contributed by atoms with Gasteiger partial charge in [0.25, 0.3) is 0 Å². The molecular formula is C15H24N2O2. The first kappa shape index (κ1) is 15.7. The number of rotatable bonds is 7. The van der Waals surface area contributed by atoms with E-state index < -0.39 is 5.54 Å². The fourth-order valence-corrected chi connectivity index (χ4v) is 1.77. The van der Waals surface area contributed by atoms with Crippen molar-refractivity contribution in [2.75, 3.05) is 13.2 Å². The molecule has 0 bridgehead atoms. The second-order valence-corrected chi connectivity index (χ2v) is 5.09. The summed E-state index contributed by atoms with van der Waals surface area (Å²) in [5, 5.41) is 15.6. The smallest absolute Gasteiger partial charge is 0.234 e. The lowest BCUT2D eigenvalue weighted by Gasteiger charge is -2.29. The van der Waals surface area contributed by atoms with Gasteiger partial charge in [0.15, 0.2) is 0 Å². The van der Waals surface area contributed by atoms with Crippen LogP contribution in [0.2, 0.25) is 0 Å². The van der Waals surface area contributed by atoms with Crippen molar-refractivity contribution >= 4 is 5.91 Å². The molecule has 0 aromatic heterocycles. The molecule has 0 aliphatic heterocycles. The predicted octanol–water partition coefficient (Wildman–Crippen LogP) is 1.40. The van der Waals surface area contributed by atoms with Gasteiger partial charge < -0.3 is 15.7 Å². The van der Waals surface area contributed by atoms with Crippen LogP contribution in [0.3, 0.4) is 0 Å². The van der Waals surface area contributed by atoms with Gasteiger partial charge in [0.1, 0.15) is 0 Å². The third-order valence-corrected chi connectivity index (χ3v) is 3.37. The fourth-order valence-electron chi connectivity index (χ4n) is 1.77. The maximum Gasteiger partial charge on any atom is 0.234 e. The van der Waals surface area contributed by atoms with Crippen molar-refractivity contribution in [2.45, 2.75) is 38.8 Å². The molecule has 3 N–H and O–H groups in total. The Labute approximate surface area is 115 Å². The Bertz CT molecular complexity index is 394. The zero-order chi connectivity index (χ0) is 14.3. The zero-order valence-electron chi connectivity index (χ0n) is 11.9. The summed E-state index contributed by atoms with van der Waals surface area (Å²) < 4.78 is 0. The number of nitrogens with one attached hydrogen (secondary N) is 2. The van der Waals surface area contributed by atoms with Crippen molar-refractivity contribution < 1.29 is 9.90 Å². The van der Waals surface area contributed by atoms with E-state index in [0.29, 0.717) is 6.04 Å². The summed E-state index contributed by atoms with van der Waals surface area (Å²) in [5.41, 5.74) is 0.157. The molecule has 0 aliphatic rings. The highest BCUT2D eigenvalue weighted by Gasteiger charge is 2.27. The highest BCUT2D eigenvalue weighted by atomic mass is 16.3. The highest BCUT2D eigenvalue weighted by Crippen LogP contribution is 2.19. The lowest BCUT2D eigenvalue weighted by molar-refractivity contribution is -0.122. The molecule has 0 saturated carbocycles. The minimum absolute atomic E-state index is 0.110. The molecule has 1 rings (SSSR count). The predicted molar refractivity (Wildman–Crippen MR) is 76.8 cm³/mol. The molecule has 0 fully saturated rings. The van der Waals surface area contributed by atoms with Gasteiger partial charge in [-0.3, -0.25) is 4.79 Å². The van der Waals surface area contributed by atoms with Gasteiger partial charge in [0.05, 0.1) is 18.7 Å². The van der Waals surface area contributed by atoms with Crippen LogP contribution in [0, 0.1) is 0 Å². The number of carbonyl (C=O) groups excluding carboxylic acids is 1. The Hall–Kier alpha value is -1.39. The maximum atomic E-state index is 11.9. The topological polar surface area (TPSA) is 61.4 Å². The van der Waals surface area contributed by atoms with Gasteiger partial charge in [-0.15, -0.1) is 0 Å². The molecule has 4 nitrogen and oxygen atoms in total. The van der Waals surface area contributed by atoms with Gasteiger partial charge in [0.2, 0.25) is 5.91 Å². The van der Waals surface area contributed by atoms with E-state index in [-0.39, 0.29) is 19.1 Å². The van der Waals surface area contributed by atoms with E-state index in [1.54, 1.807) is 0 Å². The third kappa shape index (κ3) is 4.65. The van der Waals surface area contributed by atoms with E-state index in [4.69, 9.17) is 0 Å². The van der Waals surface area contributed by atoms with Gasteiger partial charge in [-0.05, 0) is 25.8 Å². The molecule has 4 heteroatoms. The maximum absolute atomic E-state index is 11.9. The standard InChI is InChI=1S/C15H24N2O2/c1-4-12(2)16-10-14(19)17-15(3,11-18)13-8-6-5-7-9-13/h5-9,12,16,18H,4,10-11H2,1-3H3,(H,17,19). The number of aliphatic hydroxyl groups excluding tert-OH is 1. The van der Waals surface area contributed by atoms with Crippen molar-refractivity contribution in [3.63, 3.8) is 0 Å². The van der Waals surface area contributed by atoms with E-state index in [1.165, 1.54) is 0 Å². The summed E-state index contributed by atoms with van der Waals surface area (Å²) in [6.07, 6.45) is 0.975. The molecule has 1 aromatic rings. The molecule has 106 valence electrons. The minimum atomic E-state index is -0.741. The van der Waals surface area contributed by atoms with Gasteiger partial charge in [-0.25, -0.2) is 0 Å². The second-order valence-electron chi connectivity index (χ2n) is 5.09. The fraction of sp³-hybridized carbons (Fsp3) is 0.533. The molecule has 0 spiro atoms. The average molecular weight is 264 g/mol. The summed E-state index contributed by atoms with van der Waals surface area (Å²) in [4.78, 5) is 11.9. The van der Waals surface area contributed by atoms with Crippen molar-refractivity contribution in [1.29, 1.82) is 0 Å². The van der Waals surface area contributed by atoms with Gasteiger partial charge in [-0.1, -0.05) is 37.3 Å². The summed E-state index contributed by atoms with van der Waals surface area (Å²) in [7, 11) is 0. The van der Waals surface area contributed by atoms with E-state index in [9.17, 15) is 9.90 Å². The van der Waals surface area contributed by atoms with Crippen LogP contribution in [0.25, 0.3) is 0 Å².